The number of benzene rings is 1. The van der Waals surface area contributed by atoms with Crippen LogP contribution in [0, 0.1) is 0 Å². The van der Waals surface area contributed by atoms with Gasteiger partial charge >= 0.3 is 0 Å². The van der Waals surface area contributed by atoms with E-state index in [0.29, 0.717) is 0 Å². The maximum Gasteiger partial charge on any atom is 0.253 e. The average molecular weight is 256 g/mol. The molecule has 2 aromatic rings. The Labute approximate surface area is 114 Å². The summed E-state index contributed by atoms with van der Waals surface area (Å²) in [6, 6.07) is 11.7. The lowest BCUT2D eigenvalue weighted by Gasteiger charge is -2.17. The van der Waals surface area contributed by atoms with Crippen LogP contribution in [0.3, 0.4) is 0 Å². The molecule has 1 aromatic heterocycles. The molecule has 0 aliphatic rings. The first-order chi connectivity index (χ1) is 9.22. The Morgan fingerprint density at radius 1 is 1.21 bits per heavy atom. The molecule has 19 heavy (non-hydrogen) atoms. The zero-order valence-electron chi connectivity index (χ0n) is 11.5. The number of unbranched alkanes of at least 4 members (excludes halogenated alkanes) is 1. The summed E-state index contributed by atoms with van der Waals surface area (Å²) < 4.78 is 2.00. The van der Waals surface area contributed by atoms with E-state index in [1.165, 1.54) is 0 Å². The number of nitrogens with zero attached hydrogens (tertiary/aromatic N) is 2. The molecule has 1 aromatic carbocycles. The molecular weight excluding hydrogens is 236 g/mol. The van der Waals surface area contributed by atoms with E-state index >= 15 is 0 Å². The summed E-state index contributed by atoms with van der Waals surface area (Å²) in [6.45, 7) is 2.94. The van der Waals surface area contributed by atoms with Gasteiger partial charge in [0, 0.05) is 37.2 Å². The summed E-state index contributed by atoms with van der Waals surface area (Å²) in [5.41, 5.74) is 1.75. The molecule has 0 spiro atoms. The van der Waals surface area contributed by atoms with Gasteiger partial charge in [-0.05, 0) is 36.8 Å². The molecule has 0 aliphatic carbocycles. The van der Waals surface area contributed by atoms with E-state index in [1.54, 1.807) is 4.90 Å². The molecule has 1 amide bonds. The molecule has 0 atom stereocenters. The third-order valence-electron chi connectivity index (χ3n) is 3.19. The first-order valence-electron chi connectivity index (χ1n) is 6.71. The van der Waals surface area contributed by atoms with Crippen molar-refractivity contribution in [3.05, 3.63) is 54.4 Å². The first-order valence-corrected chi connectivity index (χ1v) is 6.71. The maximum atomic E-state index is 12.3. The van der Waals surface area contributed by atoms with Crippen LogP contribution in [0.1, 0.15) is 30.1 Å². The van der Waals surface area contributed by atoms with Gasteiger partial charge in [-0.15, -0.1) is 0 Å². The number of amides is 1. The molecule has 3 heteroatoms. The lowest BCUT2D eigenvalue weighted by Crippen LogP contribution is -2.27. The van der Waals surface area contributed by atoms with Gasteiger partial charge in [-0.3, -0.25) is 4.79 Å². The van der Waals surface area contributed by atoms with Crippen LogP contribution in [0.15, 0.2) is 48.8 Å². The smallest absolute Gasteiger partial charge is 0.253 e. The zero-order valence-corrected chi connectivity index (χ0v) is 11.5. The van der Waals surface area contributed by atoms with Gasteiger partial charge in [-0.2, -0.15) is 0 Å². The number of rotatable bonds is 5. The molecule has 0 N–H and O–H groups in total. The Balaban J connectivity index is 2.17. The molecular formula is C16H20N2O. The summed E-state index contributed by atoms with van der Waals surface area (Å²) in [4.78, 5) is 14.1. The van der Waals surface area contributed by atoms with Gasteiger partial charge < -0.3 is 9.47 Å². The van der Waals surface area contributed by atoms with Crippen molar-refractivity contribution in [2.45, 2.75) is 19.8 Å². The van der Waals surface area contributed by atoms with E-state index < -0.39 is 0 Å². The normalized spacial score (nSPS) is 10.4. The van der Waals surface area contributed by atoms with Gasteiger partial charge in [0.15, 0.2) is 0 Å². The standard InChI is InChI=1S/C16H20N2O/c1-3-4-10-17(2)16(19)14-8-7-9-15(13-14)18-11-5-6-12-18/h5-9,11-13H,3-4,10H2,1-2H3. The minimum absolute atomic E-state index is 0.0856. The molecule has 0 aliphatic heterocycles. The predicted molar refractivity (Wildman–Crippen MR) is 77.6 cm³/mol. The highest BCUT2D eigenvalue weighted by Gasteiger charge is 2.11. The Morgan fingerprint density at radius 3 is 2.63 bits per heavy atom. The fourth-order valence-corrected chi connectivity index (χ4v) is 2.02. The molecule has 2 rings (SSSR count). The SMILES string of the molecule is CCCCN(C)C(=O)c1cccc(-n2cccc2)c1. The van der Waals surface area contributed by atoms with E-state index in [0.717, 1.165) is 30.6 Å². The fourth-order valence-electron chi connectivity index (χ4n) is 2.02. The summed E-state index contributed by atoms with van der Waals surface area (Å²) in [5.74, 6) is 0.0856. The molecule has 0 radical (unpaired) electrons. The monoisotopic (exact) mass is 256 g/mol. The Bertz CT molecular complexity index is 531. The molecule has 0 bridgehead atoms. The second-order valence-electron chi connectivity index (χ2n) is 4.72. The van der Waals surface area contributed by atoms with E-state index in [-0.39, 0.29) is 5.91 Å². The highest BCUT2D eigenvalue weighted by atomic mass is 16.2. The van der Waals surface area contributed by atoms with Crippen LogP contribution in [-0.4, -0.2) is 29.0 Å². The van der Waals surface area contributed by atoms with Gasteiger partial charge in [0.2, 0.25) is 0 Å². The van der Waals surface area contributed by atoms with Crippen LogP contribution in [0.25, 0.3) is 5.69 Å². The first kappa shape index (κ1) is 13.4. The predicted octanol–water partition coefficient (Wildman–Crippen LogP) is 3.35. The number of carbonyl (C=O) groups excluding carboxylic acids is 1. The Kier molecular flexibility index (Phi) is 4.39. The molecule has 0 unspecified atom stereocenters. The second kappa shape index (κ2) is 6.23. The largest absolute Gasteiger partial charge is 0.342 e. The molecule has 0 saturated carbocycles. The number of hydrogen-bond acceptors (Lipinski definition) is 1. The highest BCUT2D eigenvalue weighted by Crippen LogP contribution is 2.12. The lowest BCUT2D eigenvalue weighted by atomic mass is 10.1. The number of carbonyl (C=O) groups is 1. The van der Waals surface area contributed by atoms with E-state index in [2.05, 4.69) is 6.92 Å². The van der Waals surface area contributed by atoms with Crippen LogP contribution in [-0.2, 0) is 0 Å². The van der Waals surface area contributed by atoms with Crippen molar-refractivity contribution in [1.29, 1.82) is 0 Å². The van der Waals surface area contributed by atoms with Crippen molar-refractivity contribution < 1.29 is 4.79 Å². The highest BCUT2D eigenvalue weighted by molar-refractivity contribution is 5.94. The third kappa shape index (κ3) is 3.25. The van der Waals surface area contributed by atoms with Gasteiger partial charge in [0.25, 0.3) is 5.91 Å². The van der Waals surface area contributed by atoms with Crippen molar-refractivity contribution in [2.75, 3.05) is 13.6 Å². The van der Waals surface area contributed by atoms with Crippen LogP contribution in [0.2, 0.25) is 0 Å². The van der Waals surface area contributed by atoms with Crippen molar-refractivity contribution in [1.82, 2.24) is 9.47 Å². The second-order valence-corrected chi connectivity index (χ2v) is 4.72. The minimum Gasteiger partial charge on any atom is -0.342 e. The topological polar surface area (TPSA) is 25.2 Å². The summed E-state index contributed by atoms with van der Waals surface area (Å²) >= 11 is 0. The van der Waals surface area contributed by atoms with Gasteiger partial charge in [-0.1, -0.05) is 19.4 Å². The molecule has 3 nitrogen and oxygen atoms in total. The van der Waals surface area contributed by atoms with Crippen molar-refractivity contribution in [3.8, 4) is 5.69 Å². The molecule has 1 heterocycles. The van der Waals surface area contributed by atoms with Gasteiger partial charge in [0.1, 0.15) is 0 Å². The maximum absolute atomic E-state index is 12.3. The van der Waals surface area contributed by atoms with Crippen molar-refractivity contribution >= 4 is 5.91 Å². The molecule has 0 saturated heterocycles. The van der Waals surface area contributed by atoms with E-state index in [9.17, 15) is 4.79 Å². The fraction of sp³-hybridized carbons (Fsp3) is 0.312. The van der Waals surface area contributed by atoms with Crippen molar-refractivity contribution in [2.24, 2.45) is 0 Å². The summed E-state index contributed by atoms with van der Waals surface area (Å²) in [6.07, 6.45) is 6.09. The Hall–Kier alpha value is -2.03. The lowest BCUT2D eigenvalue weighted by molar-refractivity contribution is 0.0793. The number of aromatic nitrogens is 1. The van der Waals surface area contributed by atoms with Crippen LogP contribution < -0.4 is 0 Å². The van der Waals surface area contributed by atoms with E-state index in [1.807, 2.05) is 60.4 Å². The van der Waals surface area contributed by atoms with E-state index in [4.69, 9.17) is 0 Å². The number of hydrogen-bond donors (Lipinski definition) is 0. The minimum atomic E-state index is 0.0856. The summed E-state index contributed by atoms with van der Waals surface area (Å²) in [7, 11) is 1.86. The average Bonchev–Trinajstić information content (AvgIpc) is 2.98. The zero-order chi connectivity index (χ0) is 13.7. The van der Waals surface area contributed by atoms with Crippen LogP contribution >= 0.6 is 0 Å². The molecule has 100 valence electrons. The summed E-state index contributed by atoms with van der Waals surface area (Å²) in [5, 5.41) is 0. The van der Waals surface area contributed by atoms with Gasteiger partial charge in [0.05, 0.1) is 0 Å². The third-order valence-corrected chi connectivity index (χ3v) is 3.19. The van der Waals surface area contributed by atoms with Crippen molar-refractivity contribution in [3.63, 3.8) is 0 Å². The quantitative estimate of drug-likeness (QED) is 0.805. The Morgan fingerprint density at radius 2 is 1.95 bits per heavy atom. The van der Waals surface area contributed by atoms with Crippen LogP contribution in [0.4, 0.5) is 0 Å². The molecule has 0 fully saturated rings. The van der Waals surface area contributed by atoms with Gasteiger partial charge in [-0.25, -0.2) is 0 Å². The van der Waals surface area contributed by atoms with Crippen LogP contribution in [0.5, 0.6) is 0 Å².